The number of pyridine rings is 1. The predicted octanol–water partition coefficient (Wildman–Crippen LogP) is 7.28. The summed E-state index contributed by atoms with van der Waals surface area (Å²) in [6.07, 6.45) is 2.68. The fraction of sp³-hybridized carbons (Fsp3) is 0.680. The van der Waals surface area contributed by atoms with Gasteiger partial charge in [-0.15, -0.1) is 0 Å². The number of ether oxygens (including phenoxy) is 1. The van der Waals surface area contributed by atoms with Crippen LogP contribution in [0, 0.1) is 4.64 Å². The number of hydrogen-bond acceptors (Lipinski definition) is 5. The molecule has 1 atom stereocenters. The number of esters is 1. The maximum Gasteiger partial charge on any atom is 0.342 e. The highest BCUT2D eigenvalue weighted by atomic mass is 32.1. The molecule has 0 saturated heterocycles. The Hall–Kier alpha value is -1.23. The monoisotopic (exact) mass is 507 g/mol. The van der Waals surface area contributed by atoms with E-state index in [0.717, 1.165) is 63.5 Å². The van der Waals surface area contributed by atoms with Crippen molar-refractivity contribution in [2.24, 2.45) is 0 Å². The van der Waals surface area contributed by atoms with E-state index in [2.05, 4.69) is 58.3 Å². The largest absolute Gasteiger partial charge is 0.542 e. The molecule has 0 bridgehead atoms. The second kappa shape index (κ2) is 10.2. The lowest BCUT2D eigenvalue weighted by Gasteiger charge is -2.43. The SMILES string of the molecule is CC[C@@]1(O[Si](CC)(CC)CC)C(=O)OCc2c1cc1n(c2=S)CC=C1O[Si](CC)(CC)CC. The number of allylic oxidation sites excluding steroid dienone is 1. The number of nitrogens with zero attached hydrogens (tertiary/aromatic N) is 1. The highest BCUT2D eigenvalue weighted by molar-refractivity contribution is 7.71. The van der Waals surface area contributed by atoms with Crippen LogP contribution in [0.25, 0.3) is 5.76 Å². The molecule has 0 amide bonds. The average Bonchev–Trinajstić information content (AvgIpc) is 3.25. The summed E-state index contributed by atoms with van der Waals surface area (Å²) in [7, 11) is -3.95. The summed E-state index contributed by atoms with van der Waals surface area (Å²) in [5, 5.41) is 0. The molecule has 0 fully saturated rings. The molecule has 0 radical (unpaired) electrons. The molecule has 1 aromatic heterocycles. The van der Waals surface area contributed by atoms with Crippen molar-refractivity contribution in [3.63, 3.8) is 0 Å². The first-order valence-corrected chi connectivity index (χ1v) is 18.3. The Balaban J connectivity index is 2.17. The topological polar surface area (TPSA) is 49.7 Å². The molecule has 0 aromatic carbocycles. The van der Waals surface area contributed by atoms with Crippen molar-refractivity contribution in [1.29, 1.82) is 0 Å². The standard InChI is InChI=1S/C25H41NO4SSi2/c1-8-25(30-33(12-5,13-6)14-7)20-17-21-22(29-32(9-2,10-3)11-4)15-16-26(21)23(31)19(20)18-28-24(25)27/h15,17H,8-14,16,18H2,1-7H3/t25-/m0/s1. The number of fused-ring (bicyclic) bond motifs is 2. The summed E-state index contributed by atoms with van der Waals surface area (Å²) in [5.41, 5.74) is 1.71. The molecule has 3 heterocycles. The van der Waals surface area contributed by atoms with Gasteiger partial charge in [-0.1, -0.05) is 60.7 Å². The van der Waals surface area contributed by atoms with Crippen molar-refractivity contribution in [1.82, 2.24) is 4.57 Å². The van der Waals surface area contributed by atoms with Crippen LogP contribution in [0.15, 0.2) is 12.1 Å². The van der Waals surface area contributed by atoms with Crippen LogP contribution in [0.2, 0.25) is 36.3 Å². The molecule has 184 valence electrons. The van der Waals surface area contributed by atoms with Gasteiger partial charge in [-0.2, -0.15) is 0 Å². The fourth-order valence-electron chi connectivity index (χ4n) is 5.35. The first-order valence-electron chi connectivity index (χ1n) is 12.8. The summed E-state index contributed by atoms with van der Waals surface area (Å²) in [4.78, 5) is 13.4. The van der Waals surface area contributed by atoms with E-state index >= 15 is 0 Å². The third-order valence-corrected chi connectivity index (χ3v) is 17.9. The van der Waals surface area contributed by atoms with Crippen LogP contribution >= 0.6 is 12.2 Å². The first-order chi connectivity index (χ1) is 15.7. The maximum absolute atomic E-state index is 13.4. The number of carbonyl (C=O) groups is 1. The summed E-state index contributed by atoms with van der Waals surface area (Å²) >= 11 is 5.95. The zero-order chi connectivity index (χ0) is 24.4. The Labute approximate surface area is 206 Å². The summed E-state index contributed by atoms with van der Waals surface area (Å²) in [6.45, 7) is 16.2. The van der Waals surface area contributed by atoms with E-state index in [1.54, 1.807) is 0 Å². The number of rotatable bonds is 11. The van der Waals surface area contributed by atoms with Crippen LogP contribution in [-0.4, -0.2) is 27.2 Å². The van der Waals surface area contributed by atoms with Crippen LogP contribution in [0.4, 0.5) is 0 Å². The van der Waals surface area contributed by atoms with Gasteiger partial charge in [-0.05, 0) is 54.8 Å². The van der Waals surface area contributed by atoms with Crippen molar-refractivity contribution in [2.45, 2.75) is 110 Å². The molecule has 0 unspecified atom stereocenters. The van der Waals surface area contributed by atoms with E-state index < -0.39 is 22.2 Å². The number of aromatic nitrogens is 1. The molecule has 0 saturated carbocycles. The molecule has 0 spiro atoms. The lowest BCUT2D eigenvalue weighted by Crippen LogP contribution is -2.52. The number of cyclic esters (lactones) is 1. The minimum Gasteiger partial charge on any atom is -0.542 e. The van der Waals surface area contributed by atoms with Gasteiger partial charge in [0.25, 0.3) is 8.32 Å². The van der Waals surface area contributed by atoms with Crippen LogP contribution in [0.1, 0.15) is 71.7 Å². The average molecular weight is 508 g/mol. The molecule has 0 aliphatic carbocycles. The molecule has 8 heteroatoms. The van der Waals surface area contributed by atoms with Gasteiger partial charge in [-0.3, -0.25) is 0 Å². The molecule has 1 aromatic rings. The Kier molecular flexibility index (Phi) is 8.14. The smallest absolute Gasteiger partial charge is 0.342 e. The van der Waals surface area contributed by atoms with Crippen LogP contribution in [0.3, 0.4) is 0 Å². The number of hydrogen-bond donors (Lipinski definition) is 0. The predicted molar refractivity (Wildman–Crippen MR) is 142 cm³/mol. The lowest BCUT2D eigenvalue weighted by atomic mass is 9.86. The molecule has 33 heavy (non-hydrogen) atoms. The van der Waals surface area contributed by atoms with Gasteiger partial charge >= 0.3 is 5.97 Å². The van der Waals surface area contributed by atoms with E-state index in [0.29, 0.717) is 13.0 Å². The molecule has 0 N–H and O–H groups in total. The number of carbonyl (C=O) groups excluding carboxylic acids is 1. The molecule has 3 rings (SSSR count). The molecular formula is C25H41NO4SSi2. The van der Waals surface area contributed by atoms with Crippen molar-refractivity contribution in [2.75, 3.05) is 0 Å². The molecule has 5 nitrogen and oxygen atoms in total. The van der Waals surface area contributed by atoms with Gasteiger partial charge in [0.15, 0.2) is 13.9 Å². The van der Waals surface area contributed by atoms with Crippen molar-refractivity contribution < 1.29 is 18.4 Å². The Bertz CT molecular complexity index is 965. The summed E-state index contributed by atoms with van der Waals surface area (Å²) in [6, 6.07) is 8.27. The third kappa shape index (κ3) is 4.32. The Morgan fingerprint density at radius 2 is 1.58 bits per heavy atom. The molecule has 2 aliphatic rings. The Morgan fingerprint density at radius 3 is 2.09 bits per heavy atom. The lowest BCUT2D eigenvalue weighted by molar-refractivity contribution is -0.170. The van der Waals surface area contributed by atoms with Crippen molar-refractivity contribution >= 4 is 40.6 Å². The van der Waals surface area contributed by atoms with Crippen molar-refractivity contribution in [3.05, 3.63) is 33.6 Å². The van der Waals surface area contributed by atoms with Gasteiger partial charge in [0.1, 0.15) is 17.0 Å². The molecular weight excluding hydrogens is 467 g/mol. The van der Waals surface area contributed by atoms with Gasteiger partial charge in [0.2, 0.25) is 0 Å². The fourth-order valence-corrected chi connectivity index (χ4v) is 11.3. The normalized spacial score (nSPS) is 20.2. The first kappa shape index (κ1) is 26.4. The zero-order valence-electron chi connectivity index (χ0n) is 21.5. The van der Waals surface area contributed by atoms with Crippen molar-refractivity contribution in [3.8, 4) is 0 Å². The summed E-state index contributed by atoms with van der Waals surface area (Å²) in [5.74, 6) is 0.656. The molecule has 2 aliphatic heterocycles. The minimum absolute atomic E-state index is 0.213. The van der Waals surface area contributed by atoms with E-state index in [4.69, 9.17) is 25.8 Å². The Morgan fingerprint density at radius 1 is 1.00 bits per heavy atom. The van der Waals surface area contributed by atoms with E-state index in [-0.39, 0.29) is 12.6 Å². The zero-order valence-corrected chi connectivity index (χ0v) is 24.3. The maximum atomic E-state index is 13.4. The van der Waals surface area contributed by atoms with Crippen LogP contribution in [-0.2, 0) is 37.1 Å². The van der Waals surface area contributed by atoms with E-state index in [1.165, 1.54) is 0 Å². The minimum atomic E-state index is -2.10. The third-order valence-electron chi connectivity index (χ3n) is 8.31. The van der Waals surface area contributed by atoms with Crippen LogP contribution < -0.4 is 0 Å². The second-order valence-electron chi connectivity index (χ2n) is 9.35. The summed E-state index contributed by atoms with van der Waals surface area (Å²) < 4.78 is 22.4. The van der Waals surface area contributed by atoms with E-state index in [9.17, 15) is 4.79 Å². The highest BCUT2D eigenvalue weighted by Gasteiger charge is 2.51. The quantitative estimate of drug-likeness (QED) is 0.179. The van der Waals surface area contributed by atoms with Gasteiger partial charge in [0.05, 0.1) is 5.69 Å². The second-order valence-corrected chi connectivity index (χ2v) is 19.1. The van der Waals surface area contributed by atoms with Gasteiger partial charge in [0, 0.05) is 17.7 Å². The van der Waals surface area contributed by atoms with Gasteiger partial charge < -0.3 is 18.2 Å². The van der Waals surface area contributed by atoms with Gasteiger partial charge in [-0.25, -0.2) is 4.79 Å². The highest BCUT2D eigenvalue weighted by Crippen LogP contribution is 2.44. The van der Waals surface area contributed by atoms with E-state index in [1.807, 2.05) is 6.92 Å². The van der Waals surface area contributed by atoms with Crippen LogP contribution in [0.5, 0.6) is 0 Å².